The normalized spacial score (nSPS) is 17.2. The molecular weight excluding hydrogens is 348 g/mol. The van der Waals surface area contributed by atoms with Gasteiger partial charge in [0.2, 0.25) is 0 Å². The van der Waals surface area contributed by atoms with Gasteiger partial charge in [-0.2, -0.15) is 0 Å². The summed E-state index contributed by atoms with van der Waals surface area (Å²) in [5.74, 6) is 0.628. The van der Waals surface area contributed by atoms with Crippen LogP contribution in [0.15, 0.2) is 40.5 Å². The minimum absolute atomic E-state index is 0.197. The van der Waals surface area contributed by atoms with Gasteiger partial charge in [0.25, 0.3) is 5.91 Å². The Morgan fingerprint density at radius 2 is 2.19 bits per heavy atom. The van der Waals surface area contributed by atoms with Crippen molar-refractivity contribution in [3.63, 3.8) is 0 Å². The molecule has 2 aromatic heterocycles. The van der Waals surface area contributed by atoms with E-state index in [1.165, 1.54) is 6.39 Å². The molecule has 7 heteroatoms. The molecule has 0 spiro atoms. The van der Waals surface area contributed by atoms with Gasteiger partial charge in [0.1, 0.15) is 5.76 Å². The van der Waals surface area contributed by atoms with Crippen molar-refractivity contribution in [2.75, 3.05) is 18.4 Å². The monoisotopic (exact) mass is 368 g/mol. The van der Waals surface area contributed by atoms with Gasteiger partial charge in [0.15, 0.2) is 12.1 Å². The number of rotatable bonds is 4. The molecule has 3 heterocycles. The number of hydrogen-bond donors (Lipinski definition) is 2. The number of oxazole rings is 1. The second-order valence-corrected chi connectivity index (χ2v) is 7.45. The van der Waals surface area contributed by atoms with Crippen LogP contribution in [0.5, 0.6) is 0 Å². The zero-order valence-electron chi connectivity index (χ0n) is 14.5. The number of amides is 1. The summed E-state index contributed by atoms with van der Waals surface area (Å²) in [5.41, 5.74) is 3.08. The van der Waals surface area contributed by atoms with E-state index in [1.807, 2.05) is 36.6 Å². The molecule has 0 radical (unpaired) electrons. The molecule has 1 saturated heterocycles. The third kappa shape index (κ3) is 3.54. The Balaban J connectivity index is 1.47. The van der Waals surface area contributed by atoms with E-state index in [1.54, 1.807) is 11.3 Å². The number of aryl methyl sites for hydroxylation is 1. The van der Waals surface area contributed by atoms with Gasteiger partial charge in [-0.25, -0.2) is 9.97 Å². The Labute approximate surface area is 155 Å². The number of benzene rings is 1. The van der Waals surface area contributed by atoms with Crippen LogP contribution in [0, 0.1) is 6.92 Å². The van der Waals surface area contributed by atoms with Crippen LogP contribution in [-0.4, -0.2) is 29.0 Å². The van der Waals surface area contributed by atoms with E-state index in [9.17, 15) is 4.79 Å². The van der Waals surface area contributed by atoms with Crippen molar-refractivity contribution in [1.82, 2.24) is 15.3 Å². The first kappa shape index (κ1) is 16.9. The number of carbonyl (C=O) groups excluding carboxylic acids is 1. The molecule has 1 aromatic carbocycles. The van der Waals surface area contributed by atoms with Crippen molar-refractivity contribution in [1.29, 1.82) is 0 Å². The fourth-order valence-corrected chi connectivity index (χ4v) is 3.82. The van der Waals surface area contributed by atoms with Crippen molar-refractivity contribution in [3.05, 3.63) is 52.5 Å². The third-order valence-corrected chi connectivity index (χ3v) is 5.31. The second kappa shape index (κ2) is 7.39. The summed E-state index contributed by atoms with van der Waals surface area (Å²) < 4.78 is 5.52. The molecule has 134 valence electrons. The zero-order chi connectivity index (χ0) is 17.9. The quantitative estimate of drug-likeness (QED) is 0.732. The van der Waals surface area contributed by atoms with Crippen LogP contribution in [0.3, 0.4) is 0 Å². The van der Waals surface area contributed by atoms with E-state index in [-0.39, 0.29) is 11.8 Å². The summed E-state index contributed by atoms with van der Waals surface area (Å²) in [5, 5.41) is 9.31. The van der Waals surface area contributed by atoms with Crippen LogP contribution in [0.4, 0.5) is 5.69 Å². The van der Waals surface area contributed by atoms with Gasteiger partial charge in [-0.15, -0.1) is 11.3 Å². The molecule has 2 N–H and O–H groups in total. The molecule has 1 atom stereocenters. The highest BCUT2D eigenvalue weighted by atomic mass is 32.1. The maximum absolute atomic E-state index is 12.6. The van der Waals surface area contributed by atoms with Gasteiger partial charge in [-0.1, -0.05) is 12.1 Å². The molecule has 4 rings (SSSR count). The van der Waals surface area contributed by atoms with E-state index in [2.05, 4.69) is 20.6 Å². The van der Waals surface area contributed by atoms with Gasteiger partial charge in [-0.05, 0) is 38.4 Å². The Hall–Kier alpha value is -2.51. The molecule has 0 aliphatic carbocycles. The van der Waals surface area contributed by atoms with Crippen molar-refractivity contribution in [3.8, 4) is 11.3 Å². The van der Waals surface area contributed by atoms with Crippen LogP contribution in [0.25, 0.3) is 11.3 Å². The molecule has 0 bridgehead atoms. The highest BCUT2D eigenvalue weighted by Crippen LogP contribution is 2.27. The maximum Gasteiger partial charge on any atom is 0.277 e. The SMILES string of the molecule is Cc1nc(-c2ccc(NC(=O)c3ncoc3C3CCCNC3)cc2)cs1. The number of anilines is 1. The lowest BCUT2D eigenvalue weighted by Gasteiger charge is -2.21. The fourth-order valence-electron chi connectivity index (χ4n) is 3.20. The summed E-state index contributed by atoms with van der Waals surface area (Å²) in [7, 11) is 0. The summed E-state index contributed by atoms with van der Waals surface area (Å²) >= 11 is 1.62. The molecule has 26 heavy (non-hydrogen) atoms. The van der Waals surface area contributed by atoms with Crippen LogP contribution in [-0.2, 0) is 0 Å². The lowest BCUT2D eigenvalue weighted by atomic mass is 9.95. The Morgan fingerprint density at radius 1 is 1.35 bits per heavy atom. The van der Waals surface area contributed by atoms with Gasteiger partial charge >= 0.3 is 0 Å². The molecule has 6 nitrogen and oxygen atoms in total. The topological polar surface area (TPSA) is 80.1 Å². The molecule has 1 aliphatic heterocycles. The minimum Gasteiger partial charge on any atom is -0.447 e. The molecule has 3 aromatic rings. The average Bonchev–Trinajstić information content (AvgIpc) is 3.32. The molecule has 1 amide bonds. The van der Waals surface area contributed by atoms with Gasteiger partial charge in [-0.3, -0.25) is 4.79 Å². The average molecular weight is 368 g/mol. The minimum atomic E-state index is -0.239. The van der Waals surface area contributed by atoms with Gasteiger partial charge in [0, 0.05) is 29.1 Å². The second-order valence-electron chi connectivity index (χ2n) is 6.39. The number of aromatic nitrogens is 2. The van der Waals surface area contributed by atoms with E-state index >= 15 is 0 Å². The largest absolute Gasteiger partial charge is 0.447 e. The third-order valence-electron chi connectivity index (χ3n) is 4.54. The van der Waals surface area contributed by atoms with Gasteiger partial charge in [0.05, 0.1) is 10.7 Å². The summed E-state index contributed by atoms with van der Waals surface area (Å²) in [6.07, 6.45) is 3.43. The molecule has 1 aliphatic rings. The Morgan fingerprint density at radius 3 is 2.88 bits per heavy atom. The number of hydrogen-bond acceptors (Lipinski definition) is 6. The van der Waals surface area contributed by atoms with E-state index in [0.717, 1.165) is 47.9 Å². The van der Waals surface area contributed by atoms with Gasteiger partial charge < -0.3 is 15.1 Å². The first-order chi connectivity index (χ1) is 12.7. The first-order valence-corrected chi connectivity index (χ1v) is 9.56. The summed E-state index contributed by atoms with van der Waals surface area (Å²) in [6.45, 7) is 3.81. The lowest BCUT2D eigenvalue weighted by Crippen LogP contribution is -2.29. The van der Waals surface area contributed by atoms with Crippen molar-refractivity contribution < 1.29 is 9.21 Å². The molecule has 1 fully saturated rings. The van der Waals surface area contributed by atoms with E-state index < -0.39 is 0 Å². The smallest absolute Gasteiger partial charge is 0.277 e. The number of nitrogens with one attached hydrogen (secondary N) is 2. The zero-order valence-corrected chi connectivity index (χ0v) is 15.3. The highest BCUT2D eigenvalue weighted by Gasteiger charge is 2.26. The highest BCUT2D eigenvalue weighted by molar-refractivity contribution is 7.09. The van der Waals surface area contributed by atoms with Crippen LogP contribution < -0.4 is 10.6 Å². The Bertz CT molecular complexity index is 894. The molecular formula is C19H20N4O2S. The van der Waals surface area contributed by atoms with Crippen molar-refractivity contribution in [2.45, 2.75) is 25.7 Å². The fraction of sp³-hybridized carbons (Fsp3) is 0.316. The predicted molar refractivity (Wildman–Crippen MR) is 102 cm³/mol. The maximum atomic E-state index is 12.6. The predicted octanol–water partition coefficient (Wildman–Crippen LogP) is 3.83. The summed E-state index contributed by atoms with van der Waals surface area (Å²) in [4.78, 5) is 21.3. The van der Waals surface area contributed by atoms with Crippen LogP contribution >= 0.6 is 11.3 Å². The number of nitrogens with zero attached hydrogens (tertiary/aromatic N) is 2. The van der Waals surface area contributed by atoms with E-state index in [0.29, 0.717) is 11.5 Å². The van der Waals surface area contributed by atoms with Crippen LogP contribution in [0.2, 0.25) is 0 Å². The number of piperidine rings is 1. The Kier molecular flexibility index (Phi) is 4.81. The lowest BCUT2D eigenvalue weighted by molar-refractivity contribution is 0.102. The van der Waals surface area contributed by atoms with Crippen LogP contribution in [0.1, 0.15) is 40.0 Å². The molecule has 0 saturated carbocycles. The van der Waals surface area contributed by atoms with Crippen molar-refractivity contribution >= 4 is 22.9 Å². The van der Waals surface area contributed by atoms with E-state index in [4.69, 9.17) is 4.42 Å². The first-order valence-electron chi connectivity index (χ1n) is 8.69. The summed E-state index contributed by atoms with van der Waals surface area (Å²) in [6, 6.07) is 7.67. The standard InChI is InChI=1S/C19H20N4O2S/c1-12-22-16(10-26-12)13-4-6-15(7-5-13)23-19(24)17-18(25-11-21-17)14-3-2-8-20-9-14/h4-7,10-11,14,20H,2-3,8-9H2,1H3,(H,23,24). The van der Waals surface area contributed by atoms with Crippen molar-refractivity contribution in [2.24, 2.45) is 0 Å². The number of thiazole rings is 1. The molecule has 1 unspecified atom stereocenters. The number of carbonyl (C=O) groups is 1.